The van der Waals surface area contributed by atoms with Crippen molar-refractivity contribution in [3.8, 4) is 28.1 Å². The van der Waals surface area contributed by atoms with E-state index in [4.69, 9.17) is 28.3 Å². The molecule has 5 heterocycles. The first-order valence-electron chi connectivity index (χ1n) is 11.0. The van der Waals surface area contributed by atoms with Crippen molar-refractivity contribution in [2.75, 3.05) is 27.4 Å². The Morgan fingerprint density at radius 3 is 2.77 bits per heavy atom. The number of nitrogens with zero attached hydrogens (tertiary/aromatic N) is 4. The molecule has 1 aliphatic heterocycles. The second-order valence-electron chi connectivity index (χ2n) is 8.27. The number of imidazole rings is 1. The summed E-state index contributed by atoms with van der Waals surface area (Å²) in [7, 11) is 6.20. The molecule has 6 rings (SSSR count). The van der Waals surface area contributed by atoms with E-state index in [-0.39, 0.29) is 5.16 Å². The van der Waals surface area contributed by atoms with Gasteiger partial charge >= 0.3 is 0 Å². The smallest absolute Gasteiger partial charge is 0.294 e. The lowest BCUT2D eigenvalue weighted by molar-refractivity contribution is 0.0764. The Morgan fingerprint density at radius 1 is 1.14 bits per heavy atom. The summed E-state index contributed by atoms with van der Waals surface area (Å²) in [5.41, 5.74) is 2.23. The predicted molar refractivity (Wildman–Crippen MR) is 137 cm³/mol. The molecule has 12 heteroatoms. The zero-order chi connectivity index (χ0) is 24.0. The van der Waals surface area contributed by atoms with Gasteiger partial charge in [0.1, 0.15) is 34.4 Å². The Hall–Kier alpha value is -2.72. The molecule has 0 amide bonds. The van der Waals surface area contributed by atoms with Gasteiger partial charge in [-0.15, -0.1) is 25.7 Å². The average Bonchev–Trinajstić information content (AvgIpc) is 3.65. The first-order valence-corrected chi connectivity index (χ1v) is 13.3. The fourth-order valence-electron chi connectivity index (χ4n) is 4.03. The van der Waals surface area contributed by atoms with Gasteiger partial charge in [0.05, 0.1) is 31.5 Å². The van der Waals surface area contributed by atoms with Crippen molar-refractivity contribution in [3.63, 3.8) is 0 Å². The Balaban J connectivity index is 1.27. The van der Waals surface area contributed by atoms with Crippen LogP contribution in [0.5, 0.6) is 16.7 Å². The van der Waals surface area contributed by atoms with E-state index in [1.807, 2.05) is 24.4 Å². The largest absolute Gasteiger partial charge is 0.496 e. The number of rotatable bonds is 7. The van der Waals surface area contributed by atoms with Gasteiger partial charge in [0.15, 0.2) is 5.76 Å². The van der Waals surface area contributed by atoms with E-state index in [1.165, 1.54) is 11.3 Å². The molecule has 1 fully saturated rings. The second kappa shape index (κ2) is 9.05. The van der Waals surface area contributed by atoms with Crippen LogP contribution in [-0.4, -0.2) is 47.0 Å². The monoisotopic (exact) mass is 530 g/mol. The van der Waals surface area contributed by atoms with E-state index in [2.05, 4.69) is 24.7 Å². The minimum absolute atomic E-state index is 0.0129. The van der Waals surface area contributed by atoms with Crippen LogP contribution < -0.4 is 14.2 Å². The highest BCUT2D eigenvalue weighted by atomic mass is 32.1. The molecule has 1 aliphatic rings. The molecule has 0 saturated carbocycles. The Morgan fingerprint density at radius 2 is 2.00 bits per heavy atom. The number of ether oxygens (including phenoxy) is 4. The minimum atomic E-state index is -0.0129. The summed E-state index contributed by atoms with van der Waals surface area (Å²) < 4.78 is 30.2. The van der Waals surface area contributed by atoms with E-state index in [0.717, 1.165) is 47.1 Å². The van der Waals surface area contributed by atoms with Crippen LogP contribution in [0.1, 0.15) is 23.5 Å². The maximum atomic E-state index is 6.23. The van der Waals surface area contributed by atoms with Crippen LogP contribution >= 0.6 is 31.9 Å². The summed E-state index contributed by atoms with van der Waals surface area (Å²) in [6, 6.07) is 5.64. The Bertz CT molecular complexity index is 1470. The fourth-order valence-corrected chi connectivity index (χ4v) is 6.21. The van der Waals surface area contributed by atoms with Gasteiger partial charge in [0.25, 0.3) is 5.19 Å². The van der Waals surface area contributed by atoms with Crippen molar-refractivity contribution < 1.29 is 23.4 Å². The van der Waals surface area contributed by atoms with Gasteiger partial charge < -0.3 is 23.4 Å². The van der Waals surface area contributed by atoms with Gasteiger partial charge in [-0.1, -0.05) is 0 Å². The summed E-state index contributed by atoms with van der Waals surface area (Å²) in [6.07, 6.45) is 3.72. The van der Waals surface area contributed by atoms with Crippen LogP contribution in [0.25, 0.3) is 27.4 Å². The average molecular weight is 531 g/mol. The SMILES string of the molecule is COc1cc(OCc2csc(C3(P)CCOCC3)n2)c2cc(-c3cn4nc(OC)sc4n3)oc2c1. The molecule has 1 aromatic carbocycles. The predicted octanol–water partition coefficient (Wildman–Crippen LogP) is 5.14. The summed E-state index contributed by atoms with van der Waals surface area (Å²) in [5, 5.41) is 8.88. The number of hydrogen-bond donors (Lipinski definition) is 0. The van der Waals surface area contributed by atoms with Crippen molar-refractivity contribution in [2.45, 2.75) is 24.6 Å². The molecule has 1 atom stereocenters. The number of furan rings is 1. The van der Waals surface area contributed by atoms with Crippen molar-refractivity contribution >= 4 is 47.8 Å². The van der Waals surface area contributed by atoms with Crippen molar-refractivity contribution in [3.05, 3.63) is 40.5 Å². The molecule has 4 aromatic heterocycles. The van der Waals surface area contributed by atoms with E-state index in [1.54, 1.807) is 30.1 Å². The molecule has 182 valence electrons. The molecular formula is C23H23N4O5PS2. The van der Waals surface area contributed by atoms with Crippen LogP contribution in [0.2, 0.25) is 0 Å². The van der Waals surface area contributed by atoms with Gasteiger partial charge in [-0.05, 0) is 30.2 Å². The van der Waals surface area contributed by atoms with Gasteiger partial charge in [0.2, 0.25) is 4.96 Å². The molecule has 1 saturated heterocycles. The summed E-state index contributed by atoms with van der Waals surface area (Å²) >= 11 is 3.04. The fraction of sp³-hybridized carbons (Fsp3) is 0.348. The summed E-state index contributed by atoms with van der Waals surface area (Å²) in [4.78, 5) is 10.2. The number of aromatic nitrogens is 4. The van der Waals surface area contributed by atoms with Crippen molar-refractivity contribution in [2.24, 2.45) is 0 Å². The number of thiazole rings is 1. The van der Waals surface area contributed by atoms with Crippen LogP contribution in [-0.2, 0) is 16.5 Å². The van der Waals surface area contributed by atoms with E-state index in [9.17, 15) is 0 Å². The first kappa shape index (κ1) is 22.7. The minimum Gasteiger partial charge on any atom is -0.496 e. The number of methoxy groups -OCH3 is 2. The zero-order valence-electron chi connectivity index (χ0n) is 19.1. The van der Waals surface area contributed by atoms with E-state index >= 15 is 0 Å². The third-order valence-corrected chi connectivity index (χ3v) is 9.05. The van der Waals surface area contributed by atoms with Gasteiger partial charge in [0, 0.05) is 35.9 Å². The normalized spacial score (nSPS) is 15.6. The topological polar surface area (TPSA) is 93.1 Å². The van der Waals surface area contributed by atoms with Crippen LogP contribution in [0.4, 0.5) is 0 Å². The molecule has 5 aromatic rings. The second-order valence-corrected chi connectivity index (χ2v) is 11.2. The highest BCUT2D eigenvalue weighted by Crippen LogP contribution is 2.43. The quantitative estimate of drug-likeness (QED) is 0.267. The van der Waals surface area contributed by atoms with E-state index in [0.29, 0.717) is 40.3 Å². The molecule has 0 aliphatic carbocycles. The lowest BCUT2D eigenvalue weighted by Gasteiger charge is -2.31. The first-order chi connectivity index (χ1) is 17.0. The summed E-state index contributed by atoms with van der Waals surface area (Å²) in [6.45, 7) is 1.87. The third-order valence-electron chi connectivity index (χ3n) is 6.00. The molecule has 0 spiro atoms. The lowest BCUT2D eigenvalue weighted by atomic mass is 10.00. The standard InChI is InChI=1S/C23H23N4O5PS2/c1-28-14-7-17(31-11-13-12-34-20(24-13)23(33)3-5-30-6-4-23)15-9-19(32-18(15)8-14)16-10-27-21(25-16)35-22(26-27)29-2/h7-10,12H,3-6,11,33H2,1-2H3. The molecule has 0 bridgehead atoms. The Labute approximate surface area is 211 Å². The number of benzene rings is 1. The van der Waals surface area contributed by atoms with Gasteiger partial charge in [-0.3, -0.25) is 0 Å². The molecule has 35 heavy (non-hydrogen) atoms. The van der Waals surface area contributed by atoms with Crippen LogP contribution in [0.3, 0.4) is 0 Å². The maximum absolute atomic E-state index is 6.23. The molecule has 1 unspecified atom stereocenters. The highest BCUT2D eigenvalue weighted by Gasteiger charge is 2.32. The zero-order valence-corrected chi connectivity index (χ0v) is 21.9. The third kappa shape index (κ3) is 4.27. The molecule has 0 N–H and O–H groups in total. The van der Waals surface area contributed by atoms with Crippen LogP contribution in [0, 0.1) is 0 Å². The number of fused-ring (bicyclic) bond motifs is 2. The van der Waals surface area contributed by atoms with Gasteiger partial charge in [-0.2, -0.15) is 0 Å². The van der Waals surface area contributed by atoms with Gasteiger partial charge in [-0.25, -0.2) is 14.5 Å². The summed E-state index contributed by atoms with van der Waals surface area (Å²) in [5.74, 6) is 1.93. The Kier molecular flexibility index (Phi) is 5.88. The highest BCUT2D eigenvalue weighted by molar-refractivity contribution is 7.21. The number of hydrogen-bond acceptors (Lipinski definition) is 10. The molecule has 0 radical (unpaired) electrons. The lowest BCUT2D eigenvalue weighted by Crippen LogP contribution is -2.27. The molecule has 9 nitrogen and oxygen atoms in total. The van der Waals surface area contributed by atoms with E-state index < -0.39 is 0 Å². The maximum Gasteiger partial charge on any atom is 0.294 e. The van der Waals surface area contributed by atoms with Crippen molar-refractivity contribution in [1.82, 2.24) is 19.6 Å². The van der Waals surface area contributed by atoms with Crippen molar-refractivity contribution in [1.29, 1.82) is 0 Å². The molecular weight excluding hydrogens is 507 g/mol. The van der Waals surface area contributed by atoms with Crippen LogP contribution in [0.15, 0.2) is 34.2 Å².